The van der Waals surface area contributed by atoms with Crippen LogP contribution in [0.1, 0.15) is 64.7 Å². The van der Waals surface area contributed by atoms with Crippen molar-refractivity contribution in [3.05, 3.63) is 24.3 Å². The van der Waals surface area contributed by atoms with E-state index in [-0.39, 0.29) is 30.5 Å². The minimum atomic E-state index is -0.876. The molecular formula is C20H32O5. The van der Waals surface area contributed by atoms with Gasteiger partial charge in [-0.1, -0.05) is 44.1 Å². The summed E-state index contributed by atoms with van der Waals surface area (Å²) in [5.41, 5.74) is 0. The lowest BCUT2D eigenvalue weighted by Crippen LogP contribution is -2.18. The maximum atomic E-state index is 12.1. The fourth-order valence-corrected chi connectivity index (χ4v) is 3.22. The van der Waals surface area contributed by atoms with Gasteiger partial charge in [-0.05, 0) is 32.1 Å². The molecule has 0 aromatic rings. The van der Waals surface area contributed by atoms with Crippen molar-refractivity contribution < 1.29 is 24.9 Å². The van der Waals surface area contributed by atoms with Crippen molar-refractivity contribution in [2.24, 2.45) is 11.8 Å². The van der Waals surface area contributed by atoms with Crippen LogP contribution >= 0.6 is 0 Å². The van der Waals surface area contributed by atoms with Gasteiger partial charge in [-0.15, -0.1) is 0 Å². The summed E-state index contributed by atoms with van der Waals surface area (Å²) in [6.07, 6.45) is 12.1. The molecule has 142 valence electrons. The molecule has 5 heteroatoms. The standard InChI is InChI=1S/C20H32O5/c1-2-3-4-5-6-7-10-16-17(19(23)14-18(16)22)13-12-15(21)9-8-11-20(24)25/h6-7,12-13,15-17,19,21,23H,2-5,8-11,14H2,1H3,(H,24,25)/b7-6-,13-12+/t15-,16+,17+,19-/m0/s1. The van der Waals surface area contributed by atoms with Crippen molar-refractivity contribution in [3.8, 4) is 0 Å². The van der Waals surface area contributed by atoms with Gasteiger partial charge < -0.3 is 15.3 Å². The number of carbonyl (C=O) groups excluding carboxylic acids is 1. The molecule has 0 aliphatic heterocycles. The van der Waals surface area contributed by atoms with E-state index in [1.165, 1.54) is 12.8 Å². The Morgan fingerprint density at radius 1 is 1.28 bits per heavy atom. The molecule has 0 bridgehead atoms. The Balaban J connectivity index is 2.49. The van der Waals surface area contributed by atoms with Gasteiger partial charge in [0.2, 0.25) is 0 Å². The van der Waals surface area contributed by atoms with Gasteiger partial charge in [-0.3, -0.25) is 9.59 Å². The van der Waals surface area contributed by atoms with Crippen molar-refractivity contribution in [2.45, 2.75) is 76.9 Å². The van der Waals surface area contributed by atoms with E-state index in [1.54, 1.807) is 12.2 Å². The molecule has 1 fully saturated rings. The fraction of sp³-hybridized carbons (Fsp3) is 0.700. The normalized spacial score (nSPS) is 25.2. The van der Waals surface area contributed by atoms with Crippen LogP contribution in [0.15, 0.2) is 24.3 Å². The predicted molar refractivity (Wildman–Crippen MR) is 97.1 cm³/mol. The summed E-state index contributed by atoms with van der Waals surface area (Å²) in [6.45, 7) is 2.16. The highest BCUT2D eigenvalue weighted by molar-refractivity contribution is 5.84. The average molecular weight is 352 g/mol. The third kappa shape index (κ3) is 8.45. The number of allylic oxidation sites excluding steroid dienone is 2. The van der Waals surface area contributed by atoms with Crippen LogP contribution in [-0.2, 0) is 9.59 Å². The predicted octanol–water partition coefficient (Wildman–Crippen LogP) is 3.25. The first-order valence-electron chi connectivity index (χ1n) is 9.39. The van der Waals surface area contributed by atoms with Crippen molar-refractivity contribution in [2.75, 3.05) is 0 Å². The van der Waals surface area contributed by atoms with Gasteiger partial charge in [0.1, 0.15) is 5.78 Å². The minimum absolute atomic E-state index is 0.0287. The molecule has 1 rings (SSSR count). The summed E-state index contributed by atoms with van der Waals surface area (Å²) >= 11 is 0. The average Bonchev–Trinajstić information content (AvgIpc) is 2.81. The van der Waals surface area contributed by atoms with Crippen LogP contribution in [0.25, 0.3) is 0 Å². The number of hydrogen-bond acceptors (Lipinski definition) is 4. The third-order valence-electron chi connectivity index (χ3n) is 4.71. The Labute approximate surface area is 150 Å². The first kappa shape index (κ1) is 21.6. The third-order valence-corrected chi connectivity index (χ3v) is 4.71. The van der Waals surface area contributed by atoms with Gasteiger partial charge in [0.15, 0.2) is 0 Å². The van der Waals surface area contributed by atoms with E-state index < -0.39 is 18.2 Å². The Hall–Kier alpha value is -1.46. The molecule has 0 unspecified atom stereocenters. The molecule has 5 nitrogen and oxygen atoms in total. The van der Waals surface area contributed by atoms with E-state index in [1.807, 2.05) is 6.08 Å². The van der Waals surface area contributed by atoms with E-state index in [2.05, 4.69) is 13.0 Å². The Morgan fingerprint density at radius 2 is 2.04 bits per heavy atom. The molecule has 1 aliphatic carbocycles. The quantitative estimate of drug-likeness (QED) is 0.370. The largest absolute Gasteiger partial charge is 0.481 e. The minimum Gasteiger partial charge on any atom is -0.481 e. The summed E-state index contributed by atoms with van der Waals surface area (Å²) in [5.74, 6) is -1.32. The van der Waals surface area contributed by atoms with Gasteiger partial charge in [0.05, 0.1) is 12.2 Å². The number of carbonyl (C=O) groups is 2. The van der Waals surface area contributed by atoms with Gasteiger partial charge in [0, 0.05) is 24.7 Å². The molecule has 0 aromatic carbocycles. The first-order valence-corrected chi connectivity index (χ1v) is 9.39. The number of aliphatic carboxylic acids is 1. The second-order valence-electron chi connectivity index (χ2n) is 6.86. The van der Waals surface area contributed by atoms with Gasteiger partial charge in [-0.25, -0.2) is 0 Å². The molecule has 0 radical (unpaired) electrons. The Morgan fingerprint density at radius 3 is 2.72 bits per heavy atom. The molecule has 25 heavy (non-hydrogen) atoms. The SMILES string of the molecule is CCCCC/C=C\C[C@H]1C(=O)C[C@H](O)[C@@H]1/C=C/[C@@H](O)CCCC(=O)O. The number of hydrogen-bond donors (Lipinski definition) is 3. The zero-order chi connectivity index (χ0) is 18.7. The smallest absolute Gasteiger partial charge is 0.303 e. The number of ketones is 1. The summed E-state index contributed by atoms with van der Waals surface area (Å²) < 4.78 is 0. The number of aliphatic hydroxyl groups excluding tert-OH is 2. The van der Waals surface area contributed by atoms with Crippen molar-refractivity contribution in [1.82, 2.24) is 0 Å². The molecule has 0 aromatic heterocycles. The van der Waals surface area contributed by atoms with Crippen molar-refractivity contribution in [1.29, 1.82) is 0 Å². The lowest BCUT2D eigenvalue weighted by Gasteiger charge is -2.16. The molecule has 1 aliphatic rings. The number of aliphatic hydroxyl groups is 2. The van der Waals surface area contributed by atoms with Gasteiger partial charge >= 0.3 is 5.97 Å². The van der Waals surface area contributed by atoms with Crippen molar-refractivity contribution in [3.63, 3.8) is 0 Å². The van der Waals surface area contributed by atoms with E-state index in [9.17, 15) is 19.8 Å². The molecule has 0 saturated heterocycles. The molecule has 1 saturated carbocycles. The Kier molecular flexibility index (Phi) is 10.3. The maximum absolute atomic E-state index is 12.1. The molecular weight excluding hydrogens is 320 g/mol. The van der Waals surface area contributed by atoms with Crippen LogP contribution in [0.2, 0.25) is 0 Å². The molecule has 4 atom stereocenters. The summed E-state index contributed by atoms with van der Waals surface area (Å²) in [4.78, 5) is 22.6. The highest BCUT2D eigenvalue weighted by Crippen LogP contribution is 2.33. The van der Waals surface area contributed by atoms with Crippen LogP contribution in [0, 0.1) is 11.8 Å². The lowest BCUT2D eigenvalue weighted by molar-refractivity contribution is -0.137. The number of unbranched alkanes of at least 4 members (excludes halogenated alkanes) is 3. The van der Waals surface area contributed by atoms with Crippen LogP contribution in [0.5, 0.6) is 0 Å². The zero-order valence-electron chi connectivity index (χ0n) is 15.1. The number of rotatable bonds is 12. The first-order chi connectivity index (χ1) is 12.0. The van der Waals surface area contributed by atoms with Crippen LogP contribution in [-0.4, -0.2) is 39.3 Å². The monoisotopic (exact) mass is 352 g/mol. The van der Waals surface area contributed by atoms with Crippen LogP contribution in [0.3, 0.4) is 0 Å². The number of Topliss-reactive ketones (excluding diaryl/α,β-unsaturated/α-hetero) is 1. The van der Waals surface area contributed by atoms with Gasteiger partial charge in [-0.2, -0.15) is 0 Å². The topological polar surface area (TPSA) is 94.8 Å². The highest BCUT2D eigenvalue weighted by Gasteiger charge is 2.39. The summed E-state index contributed by atoms with van der Waals surface area (Å²) in [7, 11) is 0. The van der Waals surface area contributed by atoms with E-state index >= 15 is 0 Å². The maximum Gasteiger partial charge on any atom is 0.303 e. The van der Waals surface area contributed by atoms with Gasteiger partial charge in [0.25, 0.3) is 0 Å². The van der Waals surface area contributed by atoms with E-state index in [0.29, 0.717) is 19.3 Å². The van der Waals surface area contributed by atoms with E-state index in [4.69, 9.17) is 5.11 Å². The summed E-state index contributed by atoms with van der Waals surface area (Å²) in [5, 5.41) is 28.6. The molecule has 0 spiro atoms. The second-order valence-corrected chi connectivity index (χ2v) is 6.86. The number of carboxylic acid groups (broad SMARTS) is 1. The molecule has 0 amide bonds. The molecule has 3 N–H and O–H groups in total. The zero-order valence-corrected chi connectivity index (χ0v) is 15.1. The van der Waals surface area contributed by atoms with Crippen molar-refractivity contribution >= 4 is 11.8 Å². The second kappa shape index (κ2) is 12.0. The Bertz CT molecular complexity index is 469. The highest BCUT2D eigenvalue weighted by atomic mass is 16.4. The molecule has 0 heterocycles. The summed E-state index contributed by atoms with van der Waals surface area (Å²) in [6, 6.07) is 0. The van der Waals surface area contributed by atoms with E-state index in [0.717, 1.165) is 12.8 Å². The lowest BCUT2D eigenvalue weighted by atomic mass is 9.90. The van der Waals surface area contributed by atoms with Crippen LogP contribution < -0.4 is 0 Å². The number of carboxylic acids is 1. The fourth-order valence-electron chi connectivity index (χ4n) is 3.22. The van der Waals surface area contributed by atoms with Crippen LogP contribution in [0.4, 0.5) is 0 Å².